The van der Waals surface area contributed by atoms with Gasteiger partial charge >= 0.3 is 12.0 Å². The Morgan fingerprint density at radius 1 is 1.21 bits per heavy atom. The van der Waals surface area contributed by atoms with Gasteiger partial charge in [-0.1, -0.05) is 17.7 Å². The maximum atomic E-state index is 12.5. The SMILES string of the molecule is O=C(O)CCNC(=O)N1CCN(S(=O)(=O)c2cccc(Cl)c2)CC1. The number of hydrogen-bond donors (Lipinski definition) is 2. The molecule has 0 radical (unpaired) electrons. The monoisotopic (exact) mass is 375 g/mol. The largest absolute Gasteiger partial charge is 0.481 e. The van der Waals surface area contributed by atoms with Crippen molar-refractivity contribution in [1.82, 2.24) is 14.5 Å². The van der Waals surface area contributed by atoms with E-state index < -0.39 is 22.0 Å². The molecule has 1 saturated heterocycles. The molecule has 8 nitrogen and oxygen atoms in total. The molecule has 0 aliphatic carbocycles. The minimum absolute atomic E-state index is 0.0369. The Balaban J connectivity index is 1.92. The van der Waals surface area contributed by atoms with Gasteiger partial charge in [-0.05, 0) is 18.2 Å². The van der Waals surface area contributed by atoms with Gasteiger partial charge < -0.3 is 15.3 Å². The molecule has 0 atom stereocenters. The molecule has 10 heteroatoms. The van der Waals surface area contributed by atoms with Crippen LogP contribution in [0.25, 0.3) is 0 Å². The molecular formula is C14H18ClN3O5S. The van der Waals surface area contributed by atoms with Crippen molar-refractivity contribution in [3.05, 3.63) is 29.3 Å². The number of halogens is 1. The maximum Gasteiger partial charge on any atom is 0.317 e. The summed E-state index contributed by atoms with van der Waals surface area (Å²) in [6.07, 6.45) is -0.158. The zero-order valence-corrected chi connectivity index (χ0v) is 14.4. The minimum atomic E-state index is -3.65. The third-order valence-corrected chi connectivity index (χ3v) is 5.70. The number of carbonyl (C=O) groups is 2. The third kappa shape index (κ3) is 4.59. The van der Waals surface area contributed by atoms with Crippen molar-refractivity contribution in [2.45, 2.75) is 11.3 Å². The Bertz CT molecular complexity index is 717. The van der Waals surface area contributed by atoms with Crippen LogP contribution in [0.4, 0.5) is 4.79 Å². The van der Waals surface area contributed by atoms with E-state index in [2.05, 4.69) is 5.32 Å². The highest BCUT2D eigenvalue weighted by Crippen LogP contribution is 2.20. The molecular weight excluding hydrogens is 358 g/mol. The summed E-state index contributed by atoms with van der Waals surface area (Å²) in [5.41, 5.74) is 0. The Labute approximate surface area is 145 Å². The first-order valence-corrected chi connectivity index (χ1v) is 9.13. The number of nitrogens with zero attached hydrogens (tertiary/aromatic N) is 2. The van der Waals surface area contributed by atoms with Gasteiger partial charge in [-0.25, -0.2) is 13.2 Å². The van der Waals surface area contributed by atoms with E-state index in [0.29, 0.717) is 5.02 Å². The second-order valence-electron chi connectivity index (χ2n) is 5.22. The maximum absolute atomic E-state index is 12.5. The molecule has 0 bridgehead atoms. The molecule has 0 saturated carbocycles. The topological polar surface area (TPSA) is 107 Å². The lowest BCUT2D eigenvalue weighted by Gasteiger charge is -2.34. The standard InChI is InChI=1S/C14H18ClN3O5S/c15-11-2-1-3-12(10-11)24(22,23)18-8-6-17(7-9-18)14(21)16-5-4-13(19)20/h1-3,10H,4-9H2,(H,16,21)(H,19,20). The summed E-state index contributed by atoms with van der Waals surface area (Å²) in [5.74, 6) is -0.993. The van der Waals surface area contributed by atoms with E-state index >= 15 is 0 Å². The molecule has 2 N–H and O–H groups in total. The Kier molecular flexibility index (Phi) is 6.03. The summed E-state index contributed by atoms with van der Waals surface area (Å²) < 4.78 is 26.4. The van der Waals surface area contributed by atoms with Crippen molar-refractivity contribution < 1.29 is 23.1 Å². The lowest BCUT2D eigenvalue weighted by molar-refractivity contribution is -0.136. The van der Waals surface area contributed by atoms with Gasteiger partial charge in [0, 0.05) is 37.7 Å². The number of amides is 2. The van der Waals surface area contributed by atoms with Crippen LogP contribution in [0.3, 0.4) is 0 Å². The second kappa shape index (κ2) is 7.82. The van der Waals surface area contributed by atoms with Gasteiger partial charge in [0.15, 0.2) is 0 Å². The van der Waals surface area contributed by atoms with Gasteiger partial charge in [0.25, 0.3) is 0 Å². The average Bonchev–Trinajstić information content (AvgIpc) is 2.54. The molecule has 1 fully saturated rings. The number of carbonyl (C=O) groups excluding carboxylic acids is 1. The fourth-order valence-corrected chi connectivity index (χ4v) is 4.02. The van der Waals surface area contributed by atoms with Crippen LogP contribution < -0.4 is 5.32 Å². The Morgan fingerprint density at radius 2 is 1.88 bits per heavy atom. The summed E-state index contributed by atoms with van der Waals surface area (Å²) in [7, 11) is -3.65. The van der Waals surface area contributed by atoms with Crippen LogP contribution in [-0.2, 0) is 14.8 Å². The predicted molar refractivity (Wildman–Crippen MR) is 87.4 cm³/mol. The molecule has 2 rings (SSSR count). The fourth-order valence-electron chi connectivity index (χ4n) is 2.30. The number of carboxylic acids is 1. The van der Waals surface area contributed by atoms with Crippen molar-refractivity contribution in [2.24, 2.45) is 0 Å². The summed E-state index contributed by atoms with van der Waals surface area (Å²) in [5, 5.41) is 11.4. The molecule has 0 aromatic heterocycles. The van der Waals surface area contributed by atoms with Crippen LogP contribution in [0, 0.1) is 0 Å². The summed E-state index contributed by atoms with van der Waals surface area (Å²) in [4.78, 5) is 23.9. The highest BCUT2D eigenvalue weighted by atomic mass is 35.5. The third-order valence-electron chi connectivity index (χ3n) is 3.57. The first-order valence-electron chi connectivity index (χ1n) is 7.31. The first kappa shape index (κ1) is 18.5. The number of nitrogens with one attached hydrogen (secondary N) is 1. The predicted octanol–water partition coefficient (Wildman–Crippen LogP) is 0.831. The summed E-state index contributed by atoms with van der Waals surface area (Å²) in [6.45, 7) is 0.842. The van der Waals surface area contributed by atoms with Gasteiger partial charge in [-0.15, -0.1) is 0 Å². The molecule has 1 aromatic carbocycles. The van der Waals surface area contributed by atoms with Crippen molar-refractivity contribution >= 4 is 33.6 Å². The molecule has 1 aliphatic rings. The van der Waals surface area contributed by atoms with Crippen LogP contribution in [-0.4, -0.2) is 67.5 Å². The number of piperazine rings is 1. The number of benzene rings is 1. The fraction of sp³-hybridized carbons (Fsp3) is 0.429. The highest BCUT2D eigenvalue weighted by molar-refractivity contribution is 7.89. The van der Waals surface area contributed by atoms with Gasteiger partial charge in [-0.2, -0.15) is 4.31 Å². The summed E-state index contributed by atoms with van der Waals surface area (Å²) in [6, 6.07) is 5.64. The van der Waals surface area contributed by atoms with Crippen LogP contribution >= 0.6 is 11.6 Å². The van der Waals surface area contributed by atoms with E-state index in [9.17, 15) is 18.0 Å². The van der Waals surface area contributed by atoms with Crippen LogP contribution in [0.5, 0.6) is 0 Å². The van der Waals surface area contributed by atoms with Crippen molar-refractivity contribution in [3.63, 3.8) is 0 Å². The van der Waals surface area contributed by atoms with Crippen LogP contribution in [0.2, 0.25) is 5.02 Å². The quantitative estimate of drug-likeness (QED) is 0.792. The lowest BCUT2D eigenvalue weighted by Crippen LogP contribution is -2.53. The number of carboxylic acid groups (broad SMARTS) is 1. The molecule has 1 heterocycles. The molecule has 24 heavy (non-hydrogen) atoms. The average molecular weight is 376 g/mol. The van der Waals surface area contributed by atoms with Crippen molar-refractivity contribution in [2.75, 3.05) is 32.7 Å². The van der Waals surface area contributed by atoms with E-state index in [1.165, 1.54) is 21.3 Å². The molecule has 2 amide bonds. The Morgan fingerprint density at radius 3 is 2.46 bits per heavy atom. The van der Waals surface area contributed by atoms with E-state index in [4.69, 9.17) is 16.7 Å². The number of aliphatic carboxylic acids is 1. The second-order valence-corrected chi connectivity index (χ2v) is 7.60. The number of urea groups is 1. The van der Waals surface area contributed by atoms with Crippen molar-refractivity contribution in [1.29, 1.82) is 0 Å². The van der Waals surface area contributed by atoms with Gasteiger partial charge in [0.1, 0.15) is 0 Å². The molecule has 1 aliphatic heterocycles. The van der Waals surface area contributed by atoms with E-state index in [0.717, 1.165) is 0 Å². The van der Waals surface area contributed by atoms with E-state index in [-0.39, 0.29) is 44.0 Å². The van der Waals surface area contributed by atoms with Gasteiger partial charge in [0.05, 0.1) is 11.3 Å². The number of hydrogen-bond acceptors (Lipinski definition) is 4. The molecule has 132 valence electrons. The van der Waals surface area contributed by atoms with Crippen LogP contribution in [0.15, 0.2) is 29.2 Å². The van der Waals surface area contributed by atoms with Crippen LogP contribution in [0.1, 0.15) is 6.42 Å². The first-order chi connectivity index (χ1) is 11.3. The molecule has 0 unspecified atom stereocenters. The van der Waals surface area contributed by atoms with Gasteiger partial charge in [-0.3, -0.25) is 4.79 Å². The zero-order valence-electron chi connectivity index (χ0n) is 12.8. The van der Waals surface area contributed by atoms with Gasteiger partial charge in [0.2, 0.25) is 10.0 Å². The minimum Gasteiger partial charge on any atom is -0.481 e. The lowest BCUT2D eigenvalue weighted by atomic mass is 10.4. The smallest absolute Gasteiger partial charge is 0.317 e. The summed E-state index contributed by atoms with van der Waals surface area (Å²) >= 11 is 5.84. The van der Waals surface area contributed by atoms with E-state index in [1.54, 1.807) is 12.1 Å². The number of rotatable bonds is 5. The molecule has 0 spiro atoms. The normalized spacial score (nSPS) is 16.0. The molecule has 1 aromatic rings. The van der Waals surface area contributed by atoms with E-state index in [1.807, 2.05) is 0 Å². The Hall–Kier alpha value is -1.84. The number of sulfonamides is 1. The highest BCUT2D eigenvalue weighted by Gasteiger charge is 2.30. The van der Waals surface area contributed by atoms with Crippen molar-refractivity contribution in [3.8, 4) is 0 Å². The zero-order chi connectivity index (χ0) is 17.7.